The molecule has 0 aliphatic heterocycles. The van der Waals surface area contributed by atoms with Crippen LogP contribution in [0.2, 0.25) is 10.4 Å². The molecule has 0 amide bonds. The fourth-order valence-corrected chi connectivity index (χ4v) is 2.48. The third kappa shape index (κ3) is 2.09. The Morgan fingerprint density at radius 3 is 2.70 bits per heavy atom. The quantitative estimate of drug-likeness (QED) is 0.537. The summed E-state index contributed by atoms with van der Waals surface area (Å²) in [4.78, 5) is 12.5. The van der Waals surface area contributed by atoms with Crippen LogP contribution in [0.3, 0.4) is 0 Å². The molecule has 0 saturated heterocycles. The molecule has 0 N–H and O–H groups in total. The van der Waals surface area contributed by atoms with Crippen molar-refractivity contribution in [1.29, 1.82) is 0 Å². The summed E-state index contributed by atoms with van der Waals surface area (Å²) in [5.41, 5.74) is 1.97. The highest BCUT2D eigenvalue weighted by Crippen LogP contribution is 2.26. The van der Waals surface area contributed by atoms with E-state index in [1.54, 1.807) is 7.11 Å². The number of imidazole rings is 1. The summed E-state index contributed by atoms with van der Waals surface area (Å²) in [5, 5.41) is 0.330. The Morgan fingerprint density at radius 1 is 1.15 bits per heavy atom. The molecule has 3 rings (SSSR count). The highest BCUT2D eigenvalue weighted by molar-refractivity contribution is 6.35. The van der Waals surface area contributed by atoms with E-state index in [0.717, 1.165) is 17.3 Å². The molecule has 0 spiro atoms. The van der Waals surface area contributed by atoms with Crippen LogP contribution >= 0.6 is 23.2 Å². The van der Waals surface area contributed by atoms with Crippen LogP contribution < -0.4 is 4.74 Å². The van der Waals surface area contributed by atoms with Crippen LogP contribution in [0.15, 0.2) is 24.3 Å². The number of rotatable bonds is 2. The topological polar surface area (TPSA) is 52.8 Å². The van der Waals surface area contributed by atoms with Crippen molar-refractivity contribution in [3.8, 4) is 11.4 Å². The highest BCUT2D eigenvalue weighted by atomic mass is 35.5. The standard InChI is InChI=1S/C13H10Cl2N4O/c1-7-16-10-11(14)17-13(15)18-12(10)19(7)8-4-3-5-9(6-8)20-2/h3-6H,1-2H3. The summed E-state index contributed by atoms with van der Waals surface area (Å²) in [6.07, 6.45) is 0. The van der Waals surface area contributed by atoms with Crippen molar-refractivity contribution >= 4 is 34.4 Å². The van der Waals surface area contributed by atoms with E-state index in [4.69, 9.17) is 27.9 Å². The SMILES string of the molecule is COc1cccc(-n2c(C)nc3c(Cl)nc(Cl)nc32)c1. The summed E-state index contributed by atoms with van der Waals surface area (Å²) in [6, 6.07) is 7.58. The number of hydrogen-bond acceptors (Lipinski definition) is 4. The average molecular weight is 309 g/mol. The van der Waals surface area contributed by atoms with Gasteiger partial charge in [-0.3, -0.25) is 4.57 Å². The van der Waals surface area contributed by atoms with Gasteiger partial charge in [-0.05, 0) is 30.7 Å². The highest BCUT2D eigenvalue weighted by Gasteiger charge is 2.15. The largest absolute Gasteiger partial charge is 0.497 e. The Morgan fingerprint density at radius 2 is 1.95 bits per heavy atom. The van der Waals surface area contributed by atoms with Gasteiger partial charge in [0.2, 0.25) is 5.28 Å². The molecule has 0 aliphatic rings. The molecule has 0 unspecified atom stereocenters. The molecule has 5 nitrogen and oxygen atoms in total. The average Bonchev–Trinajstić information content (AvgIpc) is 2.75. The maximum Gasteiger partial charge on any atom is 0.225 e. The second kappa shape index (κ2) is 4.92. The van der Waals surface area contributed by atoms with Crippen molar-refractivity contribution in [2.24, 2.45) is 0 Å². The molecule has 2 heterocycles. The second-order valence-corrected chi connectivity index (χ2v) is 4.85. The van der Waals surface area contributed by atoms with Crippen molar-refractivity contribution in [3.05, 3.63) is 40.5 Å². The van der Waals surface area contributed by atoms with Crippen LogP contribution in [0.4, 0.5) is 0 Å². The second-order valence-electron chi connectivity index (χ2n) is 4.15. The fraction of sp³-hybridized carbons (Fsp3) is 0.154. The number of aryl methyl sites for hydroxylation is 1. The van der Waals surface area contributed by atoms with Crippen LogP contribution in [0.5, 0.6) is 5.75 Å². The lowest BCUT2D eigenvalue weighted by atomic mass is 10.3. The van der Waals surface area contributed by atoms with E-state index in [-0.39, 0.29) is 10.4 Å². The number of hydrogen-bond donors (Lipinski definition) is 0. The van der Waals surface area contributed by atoms with Crippen LogP contribution in [-0.2, 0) is 0 Å². The summed E-state index contributed by atoms with van der Waals surface area (Å²) < 4.78 is 7.09. The molecule has 0 fully saturated rings. The number of halogens is 2. The Balaban J connectivity index is 2.32. The van der Waals surface area contributed by atoms with Crippen molar-refractivity contribution in [1.82, 2.24) is 19.5 Å². The predicted octanol–water partition coefficient (Wildman–Crippen LogP) is 3.44. The molecule has 2 aromatic heterocycles. The minimum atomic E-state index is 0.0894. The van der Waals surface area contributed by atoms with Gasteiger partial charge in [0.15, 0.2) is 10.8 Å². The van der Waals surface area contributed by atoms with Gasteiger partial charge in [0.1, 0.15) is 17.1 Å². The first-order valence-corrected chi connectivity index (χ1v) is 6.58. The summed E-state index contributed by atoms with van der Waals surface area (Å²) in [7, 11) is 1.62. The summed E-state index contributed by atoms with van der Waals surface area (Å²) in [6.45, 7) is 1.87. The molecule has 0 aliphatic carbocycles. The van der Waals surface area contributed by atoms with Gasteiger partial charge >= 0.3 is 0 Å². The number of fused-ring (bicyclic) bond motifs is 1. The van der Waals surface area contributed by atoms with Gasteiger partial charge < -0.3 is 4.74 Å². The summed E-state index contributed by atoms with van der Waals surface area (Å²) >= 11 is 11.9. The van der Waals surface area contributed by atoms with Crippen LogP contribution in [0.1, 0.15) is 5.82 Å². The molecule has 20 heavy (non-hydrogen) atoms. The van der Waals surface area contributed by atoms with Gasteiger partial charge in [0.05, 0.1) is 12.8 Å². The van der Waals surface area contributed by atoms with Gasteiger partial charge in [0.25, 0.3) is 0 Å². The molecular formula is C13H10Cl2N4O. The van der Waals surface area contributed by atoms with E-state index < -0.39 is 0 Å². The van der Waals surface area contributed by atoms with Gasteiger partial charge in [-0.1, -0.05) is 17.7 Å². The molecule has 0 atom stereocenters. The van der Waals surface area contributed by atoms with E-state index in [1.807, 2.05) is 35.8 Å². The molecule has 1 aromatic carbocycles. The Hall–Kier alpha value is -1.85. The van der Waals surface area contributed by atoms with Crippen molar-refractivity contribution in [2.45, 2.75) is 6.92 Å². The molecular weight excluding hydrogens is 299 g/mol. The van der Waals surface area contributed by atoms with Gasteiger partial charge in [-0.2, -0.15) is 4.98 Å². The van der Waals surface area contributed by atoms with E-state index >= 15 is 0 Å². The number of methoxy groups -OCH3 is 1. The van der Waals surface area contributed by atoms with E-state index in [2.05, 4.69) is 15.0 Å². The number of ether oxygens (including phenoxy) is 1. The maximum absolute atomic E-state index is 6.06. The zero-order valence-electron chi connectivity index (χ0n) is 10.8. The minimum absolute atomic E-state index is 0.0894. The van der Waals surface area contributed by atoms with Crippen molar-refractivity contribution in [2.75, 3.05) is 7.11 Å². The maximum atomic E-state index is 6.06. The number of nitrogens with zero attached hydrogens (tertiary/aromatic N) is 4. The third-order valence-electron chi connectivity index (χ3n) is 2.92. The number of aromatic nitrogens is 4. The fourth-order valence-electron chi connectivity index (χ4n) is 2.07. The number of benzene rings is 1. The van der Waals surface area contributed by atoms with Crippen LogP contribution in [0, 0.1) is 6.92 Å². The van der Waals surface area contributed by atoms with Crippen molar-refractivity contribution in [3.63, 3.8) is 0 Å². The van der Waals surface area contributed by atoms with Crippen molar-refractivity contribution < 1.29 is 4.74 Å². The van der Waals surface area contributed by atoms with E-state index in [0.29, 0.717) is 11.2 Å². The van der Waals surface area contributed by atoms with Gasteiger partial charge in [-0.25, -0.2) is 9.97 Å². The minimum Gasteiger partial charge on any atom is -0.497 e. The monoisotopic (exact) mass is 308 g/mol. The van der Waals surface area contributed by atoms with E-state index in [1.165, 1.54) is 0 Å². The van der Waals surface area contributed by atoms with Gasteiger partial charge in [0, 0.05) is 6.07 Å². The van der Waals surface area contributed by atoms with E-state index in [9.17, 15) is 0 Å². The smallest absolute Gasteiger partial charge is 0.225 e. The van der Waals surface area contributed by atoms with Crippen LogP contribution in [0.25, 0.3) is 16.9 Å². The lowest BCUT2D eigenvalue weighted by Crippen LogP contribution is -1.99. The zero-order valence-corrected chi connectivity index (χ0v) is 12.3. The first kappa shape index (κ1) is 13.1. The zero-order chi connectivity index (χ0) is 14.3. The Labute approximate surface area is 125 Å². The Bertz CT molecular complexity index is 800. The molecule has 102 valence electrons. The summed E-state index contributed by atoms with van der Waals surface area (Å²) in [5.74, 6) is 1.49. The normalized spacial score (nSPS) is 11.0. The predicted molar refractivity (Wildman–Crippen MR) is 78.0 cm³/mol. The molecule has 3 aromatic rings. The molecule has 0 bridgehead atoms. The first-order chi connectivity index (χ1) is 9.60. The lowest BCUT2D eigenvalue weighted by molar-refractivity contribution is 0.414. The lowest BCUT2D eigenvalue weighted by Gasteiger charge is -2.08. The Kier molecular flexibility index (Phi) is 3.23. The van der Waals surface area contributed by atoms with Gasteiger partial charge in [-0.15, -0.1) is 0 Å². The molecule has 0 radical (unpaired) electrons. The third-order valence-corrected chi connectivity index (χ3v) is 3.35. The first-order valence-electron chi connectivity index (χ1n) is 5.82. The molecule has 7 heteroatoms. The van der Waals surface area contributed by atoms with Crippen LogP contribution in [-0.4, -0.2) is 26.6 Å². The molecule has 0 saturated carbocycles.